The molecule has 0 radical (unpaired) electrons. The number of Topliss-reactive ketones (excluding diaryl/α,β-unsaturated/α-hetero) is 1. The number of esters is 1. The minimum atomic E-state index is -0.996. The summed E-state index contributed by atoms with van der Waals surface area (Å²) in [4.78, 5) is 36.0. The van der Waals surface area contributed by atoms with Crippen molar-refractivity contribution in [2.45, 2.75) is 71.5 Å². The van der Waals surface area contributed by atoms with Crippen LogP contribution in [0.2, 0.25) is 0 Å². The SMILES string of the molecule is CC(=O)OCC(=O)[C@H]1CC[C@H]2[C@@H]3CCC4=CC(=O)C(O)C[C@]4(C)[C@H]3[C@@H](O)C[C@]12C. The van der Waals surface area contributed by atoms with Gasteiger partial charge >= 0.3 is 5.97 Å². The van der Waals surface area contributed by atoms with E-state index in [1.165, 1.54) is 6.92 Å². The summed E-state index contributed by atoms with van der Waals surface area (Å²) in [6.45, 7) is 5.33. The molecule has 160 valence electrons. The Morgan fingerprint density at radius 2 is 1.90 bits per heavy atom. The third-order valence-corrected chi connectivity index (χ3v) is 8.74. The molecule has 4 aliphatic carbocycles. The molecule has 0 aromatic carbocycles. The van der Waals surface area contributed by atoms with Gasteiger partial charge in [-0.05, 0) is 73.2 Å². The summed E-state index contributed by atoms with van der Waals surface area (Å²) in [6, 6.07) is 0. The molecule has 3 saturated carbocycles. The maximum Gasteiger partial charge on any atom is 0.303 e. The van der Waals surface area contributed by atoms with Gasteiger partial charge in [0.25, 0.3) is 0 Å². The molecule has 1 unspecified atom stereocenters. The lowest BCUT2D eigenvalue weighted by molar-refractivity contribution is -0.156. The number of aliphatic hydroxyl groups is 2. The fourth-order valence-electron chi connectivity index (χ4n) is 7.55. The van der Waals surface area contributed by atoms with Crippen LogP contribution in [-0.4, -0.2) is 46.6 Å². The van der Waals surface area contributed by atoms with Gasteiger partial charge in [-0.25, -0.2) is 0 Å². The summed E-state index contributed by atoms with van der Waals surface area (Å²) < 4.78 is 4.96. The molecule has 0 aliphatic heterocycles. The first kappa shape index (κ1) is 20.7. The van der Waals surface area contributed by atoms with Gasteiger partial charge in [0.2, 0.25) is 0 Å². The summed E-state index contributed by atoms with van der Waals surface area (Å²) in [5, 5.41) is 21.6. The zero-order valence-corrected chi connectivity index (χ0v) is 17.5. The van der Waals surface area contributed by atoms with Gasteiger partial charge in [-0.2, -0.15) is 0 Å². The molecule has 0 heterocycles. The van der Waals surface area contributed by atoms with Crippen molar-refractivity contribution in [3.8, 4) is 0 Å². The molecule has 3 fully saturated rings. The van der Waals surface area contributed by atoms with E-state index in [0.29, 0.717) is 18.8 Å². The van der Waals surface area contributed by atoms with Crippen molar-refractivity contribution >= 4 is 17.5 Å². The molecule has 2 N–H and O–H groups in total. The molecule has 4 rings (SSSR count). The first-order valence-corrected chi connectivity index (χ1v) is 10.8. The molecule has 4 aliphatic rings. The van der Waals surface area contributed by atoms with Crippen LogP contribution >= 0.6 is 0 Å². The van der Waals surface area contributed by atoms with Crippen molar-refractivity contribution < 1.29 is 29.3 Å². The van der Waals surface area contributed by atoms with Crippen molar-refractivity contribution in [2.75, 3.05) is 6.61 Å². The Hall–Kier alpha value is -1.53. The Labute approximate surface area is 171 Å². The Kier molecular flexibility index (Phi) is 5.02. The smallest absolute Gasteiger partial charge is 0.303 e. The molecule has 6 heteroatoms. The molecular formula is C23H32O6. The van der Waals surface area contributed by atoms with Gasteiger partial charge in [0, 0.05) is 12.8 Å². The van der Waals surface area contributed by atoms with Gasteiger partial charge in [0.15, 0.2) is 11.6 Å². The van der Waals surface area contributed by atoms with E-state index in [0.717, 1.165) is 31.3 Å². The van der Waals surface area contributed by atoms with Gasteiger partial charge in [-0.15, -0.1) is 0 Å². The fourth-order valence-corrected chi connectivity index (χ4v) is 7.55. The molecule has 8 atom stereocenters. The van der Waals surface area contributed by atoms with E-state index in [9.17, 15) is 24.6 Å². The van der Waals surface area contributed by atoms with Crippen LogP contribution in [-0.2, 0) is 19.1 Å². The van der Waals surface area contributed by atoms with Crippen LogP contribution in [0.4, 0.5) is 0 Å². The second-order valence-electron chi connectivity index (χ2n) is 10.2. The first-order chi connectivity index (χ1) is 13.6. The first-order valence-electron chi connectivity index (χ1n) is 10.8. The Morgan fingerprint density at radius 1 is 1.17 bits per heavy atom. The number of carbonyl (C=O) groups is 3. The number of fused-ring (bicyclic) bond motifs is 5. The standard InChI is InChI=1S/C23H32O6/c1-12(24)29-11-20(28)16-7-6-15-14-5-4-13-8-17(25)18(26)9-22(13,2)21(14)19(27)10-23(15,16)3/h8,14-16,18-19,21,26-27H,4-7,9-11H2,1-3H3/t14-,15-,16+,18?,19-,21+,22-,23-/m0/s1. The molecule has 0 spiro atoms. The average Bonchev–Trinajstić information content (AvgIpc) is 2.97. The maximum atomic E-state index is 12.8. The zero-order valence-electron chi connectivity index (χ0n) is 17.5. The number of ketones is 2. The van der Waals surface area contributed by atoms with E-state index < -0.39 is 18.2 Å². The zero-order chi connectivity index (χ0) is 21.1. The highest BCUT2D eigenvalue weighted by atomic mass is 16.5. The number of hydrogen-bond acceptors (Lipinski definition) is 6. The van der Waals surface area contributed by atoms with Crippen LogP contribution < -0.4 is 0 Å². The third-order valence-electron chi connectivity index (χ3n) is 8.74. The van der Waals surface area contributed by atoms with Crippen molar-refractivity contribution in [3.05, 3.63) is 11.6 Å². The van der Waals surface area contributed by atoms with E-state index in [4.69, 9.17) is 4.74 Å². The van der Waals surface area contributed by atoms with Crippen molar-refractivity contribution in [1.82, 2.24) is 0 Å². The molecule has 0 bridgehead atoms. The largest absolute Gasteiger partial charge is 0.458 e. The van der Waals surface area contributed by atoms with Gasteiger partial charge < -0.3 is 14.9 Å². The monoisotopic (exact) mass is 404 g/mol. The van der Waals surface area contributed by atoms with Gasteiger partial charge in [0.05, 0.1) is 6.10 Å². The predicted molar refractivity (Wildman–Crippen MR) is 105 cm³/mol. The van der Waals surface area contributed by atoms with E-state index in [2.05, 4.69) is 13.8 Å². The van der Waals surface area contributed by atoms with Crippen LogP contribution in [0, 0.1) is 34.5 Å². The van der Waals surface area contributed by atoms with Crippen LogP contribution in [0.25, 0.3) is 0 Å². The summed E-state index contributed by atoms with van der Waals surface area (Å²) in [5.74, 6) is -0.351. The molecule has 0 amide bonds. The normalized spacial score (nSPS) is 46.2. The summed E-state index contributed by atoms with van der Waals surface area (Å²) in [6.07, 6.45) is 4.33. The van der Waals surface area contributed by atoms with Crippen molar-refractivity contribution in [2.24, 2.45) is 34.5 Å². The van der Waals surface area contributed by atoms with Gasteiger partial charge in [-0.1, -0.05) is 19.4 Å². The topological polar surface area (TPSA) is 101 Å². The third kappa shape index (κ3) is 3.10. The van der Waals surface area contributed by atoms with E-state index >= 15 is 0 Å². The Balaban J connectivity index is 1.62. The summed E-state index contributed by atoms with van der Waals surface area (Å²) in [5.41, 5.74) is 0.382. The van der Waals surface area contributed by atoms with Crippen molar-refractivity contribution in [3.63, 3.8) is 0 Å². The predicted octanol–water partition coefficient (Wildman–Crippen LogP) is 2.21. The van der Waals surface area contributed by atoms with Crippen molar-refractivity contribution in [1.29, 1.82) is 0 Å². The molecule has 29 heavy (non-hydrogen) atoms. The maximum absolute atomic E-state index is 12.8. The van der Waals surface area contributed by atoms with E-state index in [-0.39, 0.29) is 46.8 Å². The summed E-state index contributed by atoms with van der Waals surface area (Å²) >= 11 is 0. The van der Waals surface area contributed by atoms with Crippen LogP contribution in [0.3, 0.4) is 0 Å². The Morgan fingerprint density at radius 3 is 2.59 bits per heavy atom. The number of hydrogen-bond donors (Lipinski definition) is 2. The summed E-state index contributed by atoms with van der Waals surface area (Å²) in [7, 11) is 0. The molecule has 0 aromatic heterocycles. The minimum absolute atomic E-state index is 0.00866. The lowest BCUT2D eigenvalue weighted by Crippen LogP contribution is -2.58. The quantitative estimate of drug-likeness (QED) is 0.700. The number of allylic oxidation sites excluding steroid dienone is 1. The highest BCUT2D eigenvalue weighted by molar-refractivity contribution is 5.95. The number of rotatable bonds is 3. The molecule has 0 aromatic rings. The molecular weight excluding hydrogens is 372 g/mol. The second kappa shape index (κ2) is 7.02. The average molecular weight is 405 g/mol. The molecule has 6 nitrogen and oxygen atoms in total. The number of carbonyl (C=O) groups excluding carboxylic acids is 3. The van der Waals surface area contributed by atoms with E-state index in [1.807, 2.05) is 0 Å². The van der Waals surface area contributed by atoms with E-state index in [1.54, 1.807) is 6.08 Å². The Bertz CT molecular complexity index is 771. The van der Waals surface area contributed by atoms with Gasteiger partial charge in [0.1, 0.15) is 12.7 Å². The number of aliphatic hydroxyl groups excluding tert-OH is 2. The number of ether oxygens (including phenoxy) is 1. The highest BCUT2D eigenvalue weighted by Crippen LogP contribution is 2.66. The highest BCUT2D eigenvalue weighted by Gasteiger charge is 2.63. The minimum Gasteiger partial charge on any atom is -0.458 e. The van der Waals surface area contributed by atoms with Crippen LogP contribution in [0.5, 0.6) is 0 Å². The second-order valence-corrected chi connectivity index (χ2v) is 10.2. The van der Waals surface area contributed by atoms with Crippen LogP contribution in [0.15, 0.2) is 11.6 Å². The fraction of sp³-hybridized carbons (Fsp3) is 0.783. The lowest BCUT2D eigenvalue weighted by Gasteiger charge is -2.60. The lowest BCUT2D eigenvalue weighted by atomic mass is 9.45. The molecule has 0 saturated heterocycles. The van der Waals surface area contributed by atoms with Gasteiger partial charge in [-0.3, -0.25) is 14.4 Å². The van der Waals surface area contributed by atoms with Crippen LogP contribution in [0.1, 0.15) is 59.3 Å².